The van der Waals surface area contributed by atoms with Crippen molar-refractivity contribution in [2.45, 2.75) is 25.7 Å². The average Bonchev–Trinajstić information content (AvgIpc) is 3.13. The van der Waals surface area contributed by atoms with Gasteiger partial charge in [-0.3, -0.25) is 13.8 Å². The fourth-order valence-electron chi connectivity index (χ4n) is 1.96. The molecule has 0 aromatic heterocycles. The number of rotatable bonds is 10. The Morgan fingerprint density at radius 2 is 2.00 bits per heavy atom. The monoisotopic (exact) mass is 305 g/mol. The molecule has 0 bridgehead atoms. The number of hydrogen-bond donors (Lipinski definition) is 1. The molecule has 0 aromatic carbocycles. The molecule has 0 aliphatic heterocycles. The molecule has 6 nitrogen and oxygen atoms in total. The number of amides is 1. The SMILES string of the molecule is COCCCNC(=O)CS(=O)CC1(CC(=O)OC)CC1. The van der Waals surface area contributed by atoms with Crippen molar-refractivity contribution >= 4 is 22.7 Å². The van der Waals surface area contributed by atoms with Crippen LogP contribution in [0.15, 0.2) is 0 Å². The summed E-state index contributed by atoms with van der Waals surface area (Å²) in [6, 6.07) is 0. The first-order valence-corrected chi connectivity index (χ1v) is 8.17. The second kappa shape index (κ2) is 8.36. The number of nitrogens with one attached hydrogen (secondary N) is 1. The van der Waals surface area contributed by atoms with Gasteiger partial charge in [0, 0.05) is 36.8 Å². The maximum Gasteiger partial charge on any atom is 0.306 e. The van der Waals surface area contributed by atoms with Crippen molar-refractivity contribution in [3.8, 4) is 0 Å². The van der Waals surface area contributed by atoms with Crippen LogP contribution in [0.2, 0.25) is 0 Å². The highest BCUT2D eigenvalue weighted by molar-refractivity contribution is 7.85. The molecule has 0 radical (unpaired) electrons. The highest BCUT2D eigenvalue weighted by Crippen LogP contribution is 2.49. The third-order valence-electron chi connectivity index (χ3n) is 3.31. The number of methoxy groups -OCH3 is 2. The molecule has 0 spiro atoms. The van der Waals surface area contributed by atoms with E-state index in [4.69, 9.17) is 4.74 Å². The van der Waals surface area contributed by atoms with E-state index in [0.29, 0.717) is 25.3 Å². The molecular weight excluding hydrogens is 282 g/mol. The van der Waals surface area contributed by atoms with Crippen molar-refractivity contribution in [1.29, 1.82) is 0 Å². The summed E-state index contributed by atoms with van der Waals surface area (Å²) in [5.41, 5.74) is -0.200. The maximum atomic E-state index is 11.9. The third kappa shape index (κ3) is 6.47. The second-order valence-corrected chi connectivity index (χ2v) is 6.63. The van der Waals surface area contributed by atoms with Crippen LogP contribution in [0.3, 0.4) is 0 Å². The van der Waals surface area contributed by atoms with Gasteiger partial charge in [0.1, 0.15) is 5.75 Å². The predicted molar refractivity (Wildman–Crippen MR) is 75.7 cm³/mol. The summed E-state index contributed by atoms with van der Waals surface area (Å²) in [6.07, 6.45) is 2.79. The first-order chi connectivity index (χ1) is 9.51. The molecule has 1 rings (SSSR count). The minimum atomic E-state index is -1.23. The molecule has 20 heavy (non-hydrogen) atoms. The van der Waals surface area contributed by atoms with Crippen LogP contribution in [0.1, 0.15) is 25.7 Å². The minimum Gasteiger partial charge on any atom is -0.469 e. The lowest BCUT2D eigenvalue weighted by Crippen LogP contribution is -2.31. The van der Waals surface area contributed by atoms with Gasteiger partial charge in [-0.05, 0) is 24.7 Å². The standard InChI is InChI=1S/C13H23NO5S/c1-18-7-3-6-14-11(15)9-20(17)10-13(4-5-13)8-12(16)19-2/h3-10H2,1-2H3,(H,14,15). The fraction of sp³-hybridized carbons (Fsp3) is 0.846. The van der Waals surface area contributed by atoms with Gasteiger partial charge in [-0.25, -0.2) is 0 Å². The smallest absolute Gasteiger partial charge is 0.306 e. The van der Waals surface area contributed by atoms with Gasteiger partial charge in [0.15, 0.2) is 0 Å². The predicted octanol–water partition coefficient (Wildman–Crippen LogP) is 0.231. The quantitative estimate of drug-likeness (QED) is 0.461. The molecule has 1 amide bonds. The van der Waals surface area contributed by atoms with E-state index >= 15 is 0 Å². The summed E-state index contributed by atoms with van der Waals surface area (Å²) in [5, 5.41) is 2.70. The number of carbonyl (C=O) groups excluding carboxylic acids is 2. The Morgan fingerprint density at radius 3 is 2.55 bits per heavy atom. The Morgan fingerprint density at radius 1 is 1.30 bits per heavy atom. The lowest BCUT2D eigenvalue weighted by Gasteiger charge is -2.13. The zero-order chi connectivity index (χ0) is 15.0. The molecule has 1 fully saturated rings. The molecule has 1 N–H and O–H groups in total. The largest absolute Gasteiger partial charge is 0.469 e. The number of esters is 1. The van der Waals surface area contributed by atoms with Crippen molar-refractivity contribution in [3.05, 3.63) is 0 Å². The van der Waals surface area contributed by atoms with Crippen LogP contribution < -0.4 is 5.32 Å². The van der Waals surface area contributed by atoms with E-state index in [1.54, 1.807) is 7.11 Å². The highest BCUT2D eigenvalue weighted by atomic mass is 32.2. The summed E-state index contributed by atoms with van der Waals surface area (Å²) in [4.78, 5) is 22.8. The second-order valence-electron chi connectivity index (χ2n) is 5.18. The number of hydrogen-bond acceptors (Lipinski definition) is 5. The van der Waals surface area contributed by atoms with E-state index < -0.39 is 10.8 Å². The zero-order valence-corrected chi connectivity index (χ0v) is 12.9. The summed E-state index contributed by atoms with van der Waals surface area (Å²) < 4.78 is 21.4. The fourth-order valence-corrected chi connectivity index (χ4v) is 3.53. The van der Waals surface area contributed by atoms with Crippen LogP contribution in [0.5, 0.6) is 0 Å². The van der Waals surface area contributed by atoms with Crippen molar-refractivity contribution in [1.82, 2.24) is 5.32 Å². The lowest BCUT2D eigenvalue weighted by atomic mass is 10.1. The summed E-state index contributed by atoms with van der Waals surface area (Å²) in [5.74, 6) is -0.0967. The zero-order valence-electron chi connectivity index (χ0n) is 12.1. The Kier molecular flexibility index (Phi) is 7.15. The van der Waals surface area contributed by atoms with Crippen molar-refractivity contribution in [3.63, 3.8) is 0 Å². The molecule has 0 aromatic rings. The molecule has 1 saturated carbocycles. The maximum absolute atomic E-state index is 11.9. The normalized spacial score (nSPS) is 17.3. The van der Waals surface area contributed by atoms with Crippen molar-refractivity contribution in [2.75, 3.05) is 38.9 Å². The average molecular weight is 305 g/mol. The molecule has 1 atom stereocenters. The van der Waals surface area contributed by atoms with Crippen LogP contribution >= 0.6 is 0 Å². The van der Waals surface area contributed by atoms with Gasteiger partial charge in [-0.2, -0.15) is 0 Å². The Labute approximate surface area is 122 Å². The third-order valence-corrected chi connectivity index (χ3v) is 4.83. The van der Waals surface area contributed by atoms with Crippen LogP contribution in [0.4, 0.5) is 0 Å². The van der Waals surface area contributed by atoms with Crippen LogP contribution in [0.25, 0.3) is 0 Å². The minimum absolute atomic E-state index is 0.00406. The Hall–Kier alpha value is -0.950. The van der Waals surface area contributed by atoms with Crippen molar-refractivity contribution in [2.24, 2.45) is 5.41 Å². The van der Waals surface area contributed by atoms with Gasteiger partial charge in [-0.15, -0.1) is 0 Å². The molecular formula is C13H23NO5S. The van der Waals surface area contributed by atoms with E-state index in [2.05, 4.69) is 10.1 Å². The van der Waals surface area contributed by atoms with Gasteiger partial charge in [0.25, 0.3) is 0 Å². The Bertz CT molecular complexity index is 368. The van der Waals surface area contributed by atoms with Gasteiger partial charge in [0.2, 0.25) is 5.91 Å². The molecule has 1 aliphatic carbocycles. The van der Waals surface area contributed by atoms with Crippen molar-refractivity contribution < 1.29 is 23.3 Å². The summed E-state index contributed by atoms with van der Waals surface area (Å²) in [6.45, 7) is 1.11. The molecule has 116 valence electrons. The molecule has 7 heteroatoms. The highest BCUT2D eigenvalue weighted by Gasteiger charge is 2.46. The Balaban J connectivity index is 2.22. The number of carbonyl (C=O) groups is 2. The molecule has 1 unspecified atom stereocenters. The van der Waals surface area contributed by atoms with Gasteiger partial charge in [0.05, 0.1) is 13.5 Å². The summed E-state index contributed by atoms with van der Waals surface area (Å²) >= 11 is 0. The first kappa shape index (κ1) is 17.1. The number of ether oxygens (including phenoxy) is 2. The van der Waals surface area contributed by atoms with E-state index in [1.807, 2.05) is 0 Å². The summed E-state index contributed by atoms with van der Waals surface area (Å²) in [7, 11) is 1.72. The van der Waals surface area contributed by atoms with Gasteiger partial charge in [-0.1, -0.05) is 0 Å². The van der Waals surface area contributed by atoms with E-state index in [1.165, 1.54) is 7.11 Å². The van der Waals surface area contributed by atoms with E-state index in [-0.39, 0.29) is 23.0 Å². The van der Waals surface area contributed by atoms with E-state index in [9.17, 15) is 13.8 Å². The van der Waals surface area contributed by atoms with Crippen LogP contribution in [0, 0.1) is 5.41 Å². The van der Waals surface area contributed by atoms with Crippen LogP contribution in [-0.4, -0.2) is 55.0 Å². The van der Waals surface area contributed by atoms with Gasteiger partial charge >= 0.3 is 5.97 Å². The molecule has 0 saturated heterocycles. The van der Waals surface area contributed by atoms with E-state index in [0.717, 1.165) is 19.3 Å². The first-order valence-electron chi connectivity index (χ1n) is 6.69. The molecule has 1 aliphatic rings. The topological polar surface area (TPSA) is 81.7 Å². The van der Waals surface area contributed by atoms with Gasteiger partial charge < -0.3 is 14.8 Å². The lowest BCUT2D eigenvalue weighted by molar-refractivity contribution is -0.141. The molecule has 0 heterocycles. The van der Waals surface area contributed by atoms with Crippen LogP contribution in [-0.2, 0) is 29.9 Å².